The Balaban J connectivity index is 1.52. The summed E-state index contributed by atoms with van der Waals surface area (Å²) in [4.78, 5) is 38.9. The van der Waals surface area contributed by atoms with Crippen LogP contribution >= 0.6 is 0 Å². The van der Waals surface area contributed by atoms with Crippen molar-refractivity contribution in [2.45, 2.75) is 26.7 Å². The largest absolute Gasteiger partial charge is 0.352 e. The Hall–Kier alpha value is -2.89. The lowest BCUT2D eigenvalue weighted by molar-refractivity contribution is 0.0682. The number of rotatable bonds is 4. The maximum Gasteiger partial charge on any atom is 0.263 e. The van der Waals surface area contributed by atoms with Gasteiger partial charge >= 0.3 is 0 Å². The molecule has 0 spiro atoms. The molecular weight excluding hydrogens is 354 g/mol. The second kappa shape index (κ2) is 8.42. The molecule has 2 aromatic rings. The number of hydrogen-bond acceptors (Lipinski definition) is 3. The maximum absolute atomic E-state index is 12.6. The quantitative estimate of drug-likeness (QED) is 0.883. The SMILES string of the molecule is Cc1ccc(C(=O)NCC2CCN(C(=O)c3cccn(C)c3=O)CC2)cc1C. The lowest BCUT2D eigenvalue weighted by atomic mass is 9.96. The fourth-order valence-corrected chi connectivity index (χ4v) is 3.49. The summed E-state index contributed by atoms with van der Waals surface area (Å²) in [5, 5.41) is 3.01. The molecule has 148 valence electrons. The molecule has 6 nitrogen and oxygen atoms in total. The summed E-state index contributed by atoms with van der Waals surface area (Å²) in [5.41, 5.74) is 2.89. The van der Waals surface area contributed by atoms with E-state index in [9.17, 15) is 14.4 Å². The molecule has 1 saturated heterocycles. The standard InChI is InChI=1S/C22H27N3O3/c1-15-6-7-18(13-16(15)2)20(26)23-14-17-8-11-25(12-9-17)22(28)19-5-4-10-24(3)21(19)27/h4-7,10,13,17H,8-9,11-12,14H2,1-3H3,(H,23,26). The third-order valence-electron chi connectivity index (χ3n) is 5.58. The number of likely N-dealkylation sites (tertiary alicyclic amines) is 1. The molecule has 0 bridgehead atoms. The molecule has 1 aliphatic rings. The van der Waals surface area contributed by atoms with Crippen molar-refractivity contribution in [3.8, 4) is 0 Å². The van der Waals surface area contributed by atoms with Crippen molar-refractivity contribution in [1.82, 2.24) is 14.8 Å². The fourth-order valence-electron chi connectivity index (χ4n) is 3.49. The first kappa shape index (κ1) is 19.9. The topological polar surface area (TPSA) is 71.4 Å². The molecule has 1 fully saturated rings. The lowest BCUT2D eigenvalue weighted by Crippen LogP contribution is -2.43. The number of aryl methyl sites for hydroxylation is 3. The summed E-state index contributed by atoms with van der Waals surface area (Å²) in [5.74, 6) is 0.0614. The van der Waals surface area contributed by atoms with E-state index in [4.69, 9.17) is 0 Å². The van der Waals surface area contributed by atoms with Crippen LogP contribution in [-0.2, 0) is 7.05 Å². The van der Waals surface area contributed by atoms with Crippen LogP contribution < -0.4 is 10.9 Å². The van der Waals surface area contributed by atoms with Gasteiger partial charge in [0, 0.05) is 38.4 Å². The Morgan fingerprint density at radius 1 is 1.11 bits per heavy atom. The van der Waals surface area contributed by atoms with E-state index < -0.39 is 0 Å². The summed E-state index contributed by atoms with van der Waals surface area (Å²) in [6, 6.07) is 9.01. The fraction of sp³-hybridized carbons (Fsp3) is 0.409. The van der Waals surface area contributed by atoms with Crippen LogP contribution in [0.4, 0.5) is 0 Å². The first-order valence-corrected chi connectivity index (χ1v) is 9.67. The van der Waals surface area contributed by atoms with Crippen LogP contribution in [0.2, 0.25) is 0 Å². The van der Waals surface area contributed by atoms with E-state index in [1.54, 1.807) is 30.3 Å². The minimum absolute atomic E-state index is 0.0608. The van der Waals surface area contributed by atoms with Crippen LogP contribution in [0.1, 0.15) is 44.7 Å². The van der Waals surface area contributed by atoms with Crippen molar-refractivity contribution in [3.63, 3.8) is 0 Å². The van der Waals surface area contributed by atoms with Crippen LogP contribution in [0.3, 0.4) is 0 Å². The van der Waals surface area contributed by atoms with Gasteiger partial charge in [0.05, 0.1) is 0 Å². The average Bonchev–Trinajstić information content (AvgIpc) is 2.70. The molecule has 1 N–H and O–H groups in total. The molecule has 0 saturated carbocycles. The Labute approximate surface area is 165 Å². The predicted octanol–water partition coefficient (Wildman–Crippen LogP) is 2.28. The summed E-state index contributed by atoms with van der Waals surface area (Å²) >= 11 is 0. The Morgan fingerprint density at radius 2 is 1.82 bits per heavy atom. The van der Waals surface area contributed by atoms with Crippen LogP contribution in [0.15, 0.2) is 41.3 Å². The van der Waals surface area contributed by atoms with Gasteiger partial charge in [0.25, 0.3) is 17.4 Å². The number of piperidine rings is 1. The molecule has 1 aliphatic heterocycles. The van der Waals surface area contributed by atoms with Gasteiger partial charge in [-0.15, -0.1) is 0 Å². The van der Waals surface area contributed by atoms with Gasteiger partial charge in [-0.25, -0.2) is 0 Å². The molecule has 3 rings (SSSR count). The molecule has 0 unspecified atom stereocenters. The van der Waals surface area contributed by atoms with Crippen molar-refractivity contribution in [2.24, 2.45) is 13.0 Å². The Morgan fingerprint density at radius 3 is 2.50 bits per heavy atom. The second-order valence-electron chi connectivity index (χ2n) is 7.58. The van der Waals surface area contributed by atoms with Crippen LogP contribution in [0, 0.1) is 19.8 Å². The highest BCUT2D eigenvalue weighted by atomic mass is 16.2. The van der Waals surface area contributed by atoms with E-state index in [-0.39, 0.29) is 22.9 Å². The molecule has 2 heterocycles. The predicted molar refractivity (Wildman–Crippen MR) is 109 cm³/mol. The number of pyridine rings is 1. The number of carbonyl (C=O) groups is 2. The highest BCUT2D eigenvalue weighted by Gasteiger charge is 2.25. The van der Waals surface area contributed by atoms with Crippen LogP contribution in [0.25, 0.3) is 0 Å². The smallest absolute Gasteiger partial charge is 0.263 e. The van der Waals surface area contributed by atoms with Crippen LogP contribution in [-0.4, -0.2) is 40.9 Å². The van der Waals surface area contributed by atoms with Gasteiger partial charge in [-0.2, -0.15) is 0 Å². The molecule has 6 heteroatoms. The monoisotopic (exact) mass is 381 g/mol. The zero-order valence-electron chi connectivity index (χ0n) is 16.7. The third-order valence-corrected chi connectivity index (χ3v) is 5.58. The van der Waals surface area contributed by atoms with Crippen molar-refractivity contribution in [2.75, 3.05) is 19.6 Å². The van der Waals surface area contributed by atoms with E-state index in [0.717, 1.165) is 18.4 Å². The van der Waals surface area contributed by atoms with Gasteiger partial charge in [-0.1, -0.05) is 6.07 Å². The normalized spacial score (nSPS) is 14.8. The summed E-state index contributed by atoms with van der Waals surface area (Å²) in [6.45, 7) is 5.82. The number of amides is 2. The number of hydrogen-bond donors (Lipinski definition) is 1. The number of aromatic nitrogens is 1. The Kier molecular flexibility index (Phi) is 5.97. The maximum atomic E-state index is 12.6. The highest BCUT2D eigenvalue weighted by Crippen LogP contribution is 2.18. The van der Waals surface area contributed by atoms with Gasteiger partial charge in [0.2, 0.25) is 0 Å². The van der Waals surface area contributed by atoms with Gasteiger partial charge in [0.1, 0.15) is 5.56 Å². The van der Waals surface area contributed by atoms with E-state index in [0.29, 0.717) is 31.1 Å². The molecule has 28 heavy (non-hydrogen) atoms. The minimum atomic E-state index is -0.268. The first-order valence-electron chi connectivity index (χ1n) is 9.67. The highest BCUT2D eigenvalue weighted by molar-refractivity contribution is 5.94. The van der Waals surface area contributed by atoms with E-state index in [1.165, 1.54) is 10.1 Å². The molecule has 0 atom stereocenters. The number of nitrogens with zero attached hydrogens (tertiary/aromatic N) is 2. The van der Waals surface area contributed by atoms with Crippen molar-refractivity contribution in [1.29, 1.82) is 0 Å². The van der Waals surface area contributed by atoms with Gasteiger partial charge in [-0.3, -0.25) is 14.4 Å². The minimum Gasteiger partial charge on any atom is -0.352 e. The number of carbonyl (C=O) groups excluding carboxylic acids is 2. The molecular formula is C22H27N3O3. The number of nitrogens with one attached hydrogen (secondary N) is 1. The van der Waals surface area contributed by atoms with Gasteiger partial charge < -0.3 is 14.8 Å². The third kappa shape index (κ3) is 4.32. The molecule has 2 amide bonds. The van der Waals surface area contributed by atoms with E-state index in [2.05, 4.69) is 5.32 Å². The van der Waals surface area contributed by atoms with Gasteiger partial charge in [0.15, 0.2) is 0 Å². The summed E-state index contributed by atoms with van der Waals surface area (Å²) < 4.78 is 1.42. The van der Waals surface area contributed by atoms with Crippen molar-refractivity contribution in [3.05, 3.63) is 69.1 Å². The van der Waals surface area contributed by atoms with Gasteiger partial charge in [-0.05, 0) is 68.0 Å². The summed E-state index contributed by atoms with van der Waals surface area (Å²) in [7, 11) is 1.64. The Bertz CT molecular complexity index is 940. The van der Waals surface area contributed by atoms with Crippen LogP contribution in [0.5, 0.6) is 0 Å². The zero-order chi connectivity index (χ0) is 20.3. The molecule has 0 aliphatic carbocycles. The van der Waals surface area contributed by atoms with E-state index in [1.807, 2.05) is 32.0 Å². The lowest BCUT2D eigenvalue weighted by Gasteiger charge is -2.32. The van der Waals surface area contributed by atoms with E-state index >= 15 is 0 Å². The molecule has 1 aromatic heterocycles. The molecule has 1 aromatic carbocycles. The molecule has 0 radical (unpaired) electrons. The zero-order valence-corrected chi connectivity index (χ0v) is 16.7. The summed E-state index contributed by atoms with van der Waals surface area (Å²) in [6.07, 6.45) is 3.27. The van der Waals surface area contributed by atoms with Crippen molar-refractivity contribution < 1.29 is 9.59 Å². The average molecular weight is 381 g/mol. The number of benzene rings is 1. The second-order valence-corrected chi connectivity index (χ2v) is 7.58. The van der Waals surface area contributed by atoms with Crippen molar-refractivity contribution >= 4 is 11.8 Å². The first-order chi connectivity index (χ1) is 13.4.